The molecule has 11 rings (SSSR count). The second kappa shape index (κ2) is 14.0. The third-order valence-electron chi connectivity index (χ3n) is 11.0. The maximum atomic E-state index is 6.12. The Kier molecular flexibility index (Phi) is 8.07. The molecular weight excluding hydrogens is 709 g/mol. The van der Waals surface area contributed by atoms with Gasteiger partial charge in [-0.25, -0.2) is 4.98 Å². The van der Waals surface area contributed by atoms with Crippen molar-refractivity contribution in [3.63, 3.8) is 0 Å². The monoisotopic (exact) mass is 742 g/mol. The molecule has 0 N–H and O–H groups in total. The zero-order chi connectivity index (χ0) is 38.4. The minimum Gasteiger partial charge on any atom is -0.438 e. The molecule has 7 aromatic carbocycles. The van der Waals surface area contributed by atoms with Crippen LogP contribution in [0.2, 0.25) is 0 Å². The summed E-state index contributed by atoms with van der Waals surface area (Å²) >= 11 is 0. The highest BCUT2D eigenvalue weighted by molar-refractivity contribution is 6.04. The molecule has 0 fully saturated rings. The van der Waals surface area contributed by atoms with Gasteiger partial charge in [-0.3, -0.25) is 9.97 Å². The molecule has 0 atom stereocenters. The van der Waals surface area contributed by atoms with Crippen molar-refractivity contribution in [2.75, 3.05) is 4.90 Å². The van der Waals surface area contributed by atoms with Crippen molar-refractivity contribution in [3.05, 3.63) is 207 Å². The minimum absolute atomic E-state index is 0.644. The van der Waals surface area contributed by atoms with Crippen LogP contribution in [0.4, 0.5) is 17.1 Å². The molecule has 4 aromatic heterocycles. The molecule has 0 saturated carbocycles. The summed E-state index contributed by atoms with van der Waals surface area (Å²) in [5, 5.41) is 5.51. The Hall–Kier alpha value is -7.89. The van der Waals surface area contributed by atoms with Gasteiger partial charge in [-0.2, -0.15) is 0 Å². The Labute approximate surface area is 335 Å². The van der Waals surface area contributed by atoms with E-state index in [4.69, 9.17) is 14.4 Å². The van der Waals surface area contributed by atoms with Gasteiger partial charge in [-0.15, -0.1) is 0 Å². The number of benzene rings is 7. The van der Waals surface area contributed by atoms with E-state index in [9.17, 15) is 0 Å². The second-order valence-electron chi connectivity index (χ2n) is 14.5. The quantitative estimate of drug-likeness (QED) is 0.163. The van der Waals surface area contributed by atoms with Gasteiger partial charge in [0.1, 0.15) is 5.58 Å². The van der Waals surface area contributed by atoms with E-state index in [-0.39, 0.29) is 0 Å². The fraction of sp³-hybridized carbons (Fsp3) is 0. The third-order valence-corrected chi connectivity index (χ3v) is 11.0. The van der Waals surface area contributed by atoms with Crippen LogP contribution in [0.25, 0.3) is 88.4 Å². The molecule has 4 heterocycles. The fourth-order valence-electron chi connectivity index (χ4n) is 8.06. The summed E-state index contributed by atoms with van der Waals surface area (Å²) in [6.07, 6.45) is 5.62. The molecule has 5 heteroatoms. The van der Waals surface area contributed by atoms with E-state index in [1.54, 1.807) is 0 Å². The maximum Gasteiger partial charge on any atom is 0.227 e. The largest absolute Gasteiger partial charge is 0.438 e. The second-order valence-corrected chi connectivity index (χ2v) is 14.5. The number of anilines is 3. The summed E-state index contributed by atoms with van der Waals surface area (Å²) in [6.45, 7) is 0. The Bertz CT molecular complexity index is 3260. The lowest BCUT2D eigenvalue weighted by Gasteiger charge is -2.26. The number of aromatic nitrogens is 3. The predicted octanol–water partition coefficient (Wildman–Crippen LogP) is 14.2. The molecule has 0 aliphatic heterocycles. The Morgan fingerprint density at radius 2 is 1.09 bits per heavy atom. The van der Waals surface area contributed by atoms with Gasteiger partial charge in [0.2, 0.25) is 5.71 Å². The molecule has 0 radical (unpaired) electrons. The summed E-state index contributed by atoms with van der Waals surface area (Å²) in [4.78, 5) is 16.3. The number of hydrogen-bond donors (Lipinski definition) is 0. The lowest BCUT2D eigenvalue weighted by atomic mass is 9.95. The lowest BCUT2D eigenvalue weighted by Crippen LogP contribution is -2.09. The summed E-state index contributed by atoms with van der Waals surface area (Å²) in [7, 11) is 0. The summed E-state index contributed by atoms with van der Waals surface area (Å²) in [6, 6.07) is 66.2. The highest BCUT2D eigenvalue weighted by atomic mass is 16.3. The van der Waals surface area contributed by atoms with Gasteiger partial charge in [-0.05, 0) is 118 Å². The lowest BCUT2D eigenvalue weighted by molar-refractivity contribution is 0.654. The van der Waals surface area contributed by atoms with Crippen molar-refractivity contribution in [2.24, 2.45) is 0 Å². The minimum atomic E-state index is 0.644. The molecular formula is C53H34N4O. The van der Waals surface area contributed by atoms with Crippen LogP contribution in [-0.4, -0.2) is 15.0 Å². The Morgan fingerprint density at radius 1 is 0.414 bits per heavy atom. The topological polar surface area (TPSA) is 55.1 Å². The number of rotatable bonds is 7. The molecule has 11 aromatic rings. The van der Waals surface area contributed by atoms with E-state index >= 15 is 0 Å². The van der Waals surface area contributed by atoms with Gasteiger partial charge in [-0.1, -0.05) is 103 Å². The first-order valence-electron chi connectivity index (χ1n) is 19.4. The molecule has 0 aliphatic carbocycles. The maximum absolute atomic E-state index is 6.12. The Balaban J connectivity index is 0.974. The van der Waals surface area contributed by atoms with Crippen LogP contribution in [0.3, 0.4) is 0 Å². The average molecular weight is 743 g/mol. The molecule has 58 heavy (non-hydrogen) atoms. The highest BCUT2D eigenvalue weighted by Crippen LogP contribution is 2.39. The predicted molar refractivity (Wildman–Crippen MR) is 239 cm³/mol. The number of nitrogens with zero attached hydrogens (tertiary/aromatic N) is 4. The van der Waals surface area contributed by atoms with Gasteiger partial charge >= 0.3 is 0 Å². The van der Waals surface area contributed by atoms with Crippen LogP contribution < -0.4 is 4.90 Å². The molecule has 0 spiro atoms. The zero-order valence-corrected chi connectivity index (χ0v) is 31.3. The first-order chi connectivity index (χ1) is 28.7. The van der Waals surface area contributed by atoms with Crippen LogP contribution in [0.15, 0.2) is 211 Å². The van der Waals surface area contributed by atoms with Gasteiger partial charge in [0.15, 0.2) is 0 Å². The highest BCUT2D eigenvalue weighted by Gasteiger charge is 2.16. The number of fused-ring (bicyclic) bond motifs is 5. The number of pyridine rings is 3. The van der Waals surface area contributed by atoms with Gasteiger partial charge < -0.3 is 9.32 Å². The van der Waals surface area contributed by atoms with Crippen molar-refractivity contribution in [1.82, 2.24) is 15.0 Å². The van der Waals surface area contributed by atoms with Crippen molar-refractivity contribution < 1.29 is 4.42 Å². The van der Waals surface area contributed by atoms with Crippen LogP contribution >= 0.6 is 0 Å². The molecule has 0 bridgehead atoms. The molecule has 0 saturated heterocycles. The number of para-hydroxylation sites is 1. The van der Waals surface area contributed by atoms with Crippen LogP contribution in [-0.2, 0) is 0 Å². The number of hydrogen-bond acceptors (Lipinski definition) is 5. The van der Waals surface area contributed by atoms with Gasteiger partial charge in [0.05, 0.1) is 11.2 Å². The van der Waals surface area contributed by atoms with Crippen molar-refractivity contribution >= 4 is 60.8 Å². The molecule has 0 aliphatic rings. The standard InChI is InChI=1S/C53H34N4O/c1-2-7-38(8-3-1)49-33-42(32-41-9-6-29-55-52(41)49)36-16-22-45(23-17-36)57(44-20-14-35(15-21-44)40-13-12-37-28-30-54-34-43(37)31-40)46-24-18-39(19-25-46)50-27-26-48-47-10-4-5-11-51(47)58-53(48)56-50/h1-34H. The number of furan rings is 1. The van der Waals surface area contributed by atoms with Crippen LogP contribution in [0.1, 0.15) is 0 Å². The van der Waals surface area contributed by atoms with Crippen molar-refractivity contribution in [2.45, 2.75) is 0 Å². The van der Waals surface area contributed by atoms with Crippen molar-refractivity contribution in [1.29, 1.82) is 0 Å². The van der Waals surface area contributed by atoms with E-state index in [1.807, 2.05) is 55.0 Å². The Morgan fingerprint density at radius 3 is 1.86 bits per heavy atom. The third kappa shape index (κ3) is 6.03. The first kappa shape index (κ1) is 33.4. The smallest absolute Gasteiger partial charge is 0.227 e. The van der Waals surface area contributed by atoms with Gasteiger partial charge in [0, 0.05) is 68.3 Å². The summed E-state index contributed by atoms with van der Waals surface area (Å²) < 4.78 is 6.12. The van der Waals surface area contributed by atoms with E-state index < -0.39 is 0 Å². The van der Waals surface area contributed by atoms with Crippen LogP contribution in [0.5, 0.6) is 0 Å². The van der Waals surface area contributed by atoms with Crippen molar-refractivity contribution in [3.8, 4) is 44.6 Å². The average Bonchev–Trinajstić information content (AvgIpc) is 3.68. The van der Waals surface area contributed by atoms with E-state index in [0.717, 1.165) is 94.3 Å². The zero-order valence-electron chi connectivity index (χ0n) is 31.3. The molecule has 0 unspecified atom stereocenters. The fourth-order valence-corrected chi connectivity index (χ4v) is 8.06. The SMILES string of the molecule is c1ccc(-c2cc(-c3ccc(N(c4ccc(-c5ccc6ccncc6c5)cc4)c4ccc(-c5ccc6c(n5)oc5ccccc56)cc4)cc3)cc3cccnc23)cc1. The van der Waals surface area contributed by atoms with Gasteiger partial charge in [0.25, 0.3) is 0 Å². The van der Waals surface area contributed by atoms with E-state index in [1.165, 1.54) is 5.39 Å². The molecule has 272 valence electrons. The normalized spacial score (nSPS) is 11.4. The molecule has 5 nitrogen and oxygen atoms in total. The van der Waals surface area contributed by atoms with Crippen LogP contribution in [0, 0.1) is 0 Å². The summed E-state index contributed by atoms with van der Waals surface area (Å²) in [5.74, 6) is 0. The first-order valence-corrected chi connectivity index (χ1v) is 19.4. The summed E-state index contributed by atoms with van der Waals surface area (Å²) in [5.41, 5.74) is 14.4. The van der Waals surface area contributed by atoms with E-state index in [2.05, 4.69) is 162 Å². The molecule has 0 amide bonds. The van der Waals surface area contributed by atoms with E-state index in [0.29, 0.717) is 5.71 Å².